The SMILES string of the molecule is C1=CCC(CC=Cc2ccccc2)=C1.[LiH]. The molecule has 0 bridgehead atoms. The third-order valence-corrected chi connectivity index (χ3v) is 2.34. The zero-order chi connectivity index (χ0) is 9.64. The summed E-state index contributed by atoms with van der Waals surface area (Å²) in [5.74, 6) is 0. The van der Waals surface area contributed by atoms with Crippen molar-refractivity contribution in [3.63, 3.8) is 0 Å². The molecular formula is C14H15Li. The normalized spacial score (nSPS) is 14.0. The number of rotatable bonds is 3. The fraction of sp³-hybridized carbons (Fsp3) is 0.143. The maximum absolute atomic E-state index is 2.23. The molecule has 0 heterocycles. The van der Waals surface area contributed by atoms with Gasteiger partial charge >= 0.3 is 18.9 Å². The second kappa shape index (κ2) is 6.51. The van der Waals surface area contributed by atoms with Crippen molar-refractivity contribution in [3.8, 4) is 0 Å². The molecule has 1 aromatic carbocycles. The van der Waals surface area contributed by atoms with Gasteiger partial charge in [-0.15, -0.1) is 0 Å². The molecular weight excluding hydrogens is 175 g/mol. The molecule has 1 aliphatic rings. The summed E-state index contributed by atoms with van der Waals surface area (Å²) in [6, 6.07) is 10.4. The van der Waals surface area contributed by atoms with Gasteiger partial charge in [0.15, 0.2) is 0 Å². The molecule has 0 saturated carbocycles. The van der Waals surface area contributed by atoms with Gasteiger partial charge in [-0.25, -0.2) is 0 Å². The monoisotopic (exact) mass is 190 g/mol. The first kappa shape index (κ1) is 12.1. The summed E-state index contributed by atoms with van der Waals surface area (Å²) >= 11 is 0. The molecule has 1 aliphatic carbocycles. The van der Waals surface area contributed by atoms with Gasteiger partial charge in [0.2, 0.25) is 0 Å². The maximum atomic E-state index is 2.23. The van der Waals surface area contributed by atoms with E-state index >= 15 is 0 Å². The van der Waals surface area contributed by atoms with E-state index in [1.165, 1.54) is 11.1 Å². The number of allylic oxidation sites excluding steroid dienone is 5. The van der Waals surface area contributed by atoms with Gasteiger partial charge in [-0.1, -0.05) is 66.3 Å². The van der Waals surface area contributed by atoms with E-state index in [2.05, 4.69) is 54.6 Å². The second-order valence-corrected chi connectivity index (χ2v) is 3.47. The van der Waals surface area contributed by atoms with Gasteiger partial charge in [0.25, 0.3) is 0 Å². The Morgan fingerprint density at radius 2 is 1.93 bits per heavy atom. The van der Waals surface area contributed by atoms with Crippen LogP contribution in [0.5, 0.6) is 0 Å². The second-order valence-electron chi connectivity index (χ2n) is 3.47. The molecule has 15 heavy (non-hydrogen) atoms. The molecule has 0 amide bonds. The summed E-state index contributed by atoms with van der Waals surface area (Å²) in [7, 11) is 0. The topological polar surface area (TPSA) is 0 Å². The van der Waals surface area contributed by atoms with Gasteiger partial charge in [-0.2, -0.15) is 0 Å². The molecule has 0 N–H and O–H groups in total. The van der Waals surface area contributed by atoms with Gasteiger partial charge in [-0.3, -0.25) is 0 Å². The minimum atomic E-state index is 0. The zero-order valence-corrected chi connectivity index (χ0v) is 8.19. The van der Waals surface area contributed by atoms with Crippen LogP contribution in [0.2, 0.25) is 0 Å². The van der Waals surface area contributed by atoms with Crippen LogP contribution in [-0.4, -0.2) is 18.9 Å². The van der Waals surface area contributed by atoms with Gasteiger partial charge in [0, 0.05) is 0 Å². The van der Waals surface area contributed by atoms with Crippen molar-refractivity contribution >= 4 is 24.9 Å². The summed E-state index contributed by atoms with van der Waals surface area (Å²) in [4.78, 5) is 0. The van der Waals surface area contributed by atoms with Crippen molar-refractivity contribution in [2.24, 2.45) is 0 Å². The van der Waals surface area contributed by atoms with E-state index < -0.39 is 0 Å². The predicted molar refractivity (Wildman–Crippen MR) is 69.1 cm³/mol. The van der Waals surface area contributed by atoms with E-state index in [1.807, 2.05) is 6.07 Å². The Hall–Kier alpha value is -0.963. The van der Waals surface area contributed by atoms with Crippen LogP contribution in [0.15, 0.2) is 60.2 Å². The third-order valence-electron chi connectivity index (χ3n) is 2.34. The number of benzene rings is 1. The van der Waals surface area contributed by atoms with Crippen molar-refractivity contribution in [1.29, 1.82) is 0 Å². The molecule has 1 heteroatoms. The summed E-state index contributed by atoms with van der Waals surface area (Å²) in [6.45, 7) is 0. The van der Waals surface area contributed by atoms with Crippen molar-refractivity contribution in [1.82, 2.24) is 0 Å². The van der Waals surface area contributed by atoms with Crippen LogP contribution in [0.1, 0.15) is 18.4 Å². The van der Waals surface area contributed by atoms with Gasteiger partial charge in [-0.05, 0) is 18.4 Å². The quantitative estimate of drug-likeness (QED) is 0.641. The van der Waals surface area contributed by atoms with Crippen LogP contribution in [0.3, 0.4) is 0 Å². The van der Waals surface area contributed by atoms with Crippen LogP contribution in [-0.2, 0) is 0 Å². The first-order chi connectivity index (χ1) is 6.95. The van der Waals surface area contributed by atoms with Crippen LogP contribution in [0, 0.1) is 0 Å². The molecule has 72 valence electrons. The van der Waals surface area contributed by atoms with Crippen molar-refractivity contribution < 1.29 is 0 Å². The molecule has 0 radical (unpaired) electrons. The molecule has 0 atom stereocenters. The fourth-order valence-electron chi connectivity index (χ4n) is 1.55. The first-order valence-corrected chi connectivity index (χ1v) is 5.01. The van der Waals surface area contributed by atoms with Crippen LogP contribution in [0.25, 0.3) is 6.08 Å². The van der Waals surface area contributed by atoms with Gasteiger partial charge in [0.1, 0.15) is 0 Å². The van der Waals surface area contributed by atoms with Crippen molar-refractivity contribution in [2.45, 2.75) is 12.8 Å². The summed E-state index contributed by atoms with van der Waals surface area (Å²) in [6.07, 6.45) is 13.1. The van der Waals surface area contributed by atoms with Gasteiger partial charge < -0.3 is 0 Å². The molecule has 2 rings (SSSR count). The average Bonchev–Trinajstić information content (AvgIpc) is 2.72. The standard InChI is InChI=1S/C14H14.Li.H/c1-2-7-13(8-3-1)11-6-12-14-9-4-5-10-14;;/h1-9,11H,10,12H2;;. The molecule has 0 saturated heterocycles. The Kier molecular flexibility index (Phi) is 5.25. The van der Waals surface area contributed by atoms with Crippen LogP contribution < -0.4 is 0 Å². The molecule has 0 nitrogen and oxygen atoms in total. The Labute approximate surface area is 104 Å². The Bertz CT molecular complexity index is 372. The molecule has 0 aliphatic heterocycles. The number of hydrogen-bond acceptors (Lipinski definition) is 0. The Morgan fingerprint density at radius 1 is 1.13 bits per heavy atom. The molecule has 0 fully saturated rings. The average molecular weight is 190 g/mol. The van der Waals surface area contributed by atoms with Gasteiger partial charge in [0.05, 0.1) is 0 Å². The molecule has 0 spiro atoms. The Balaban J connectivity index is 0.00000112. The van der Waals surface area contributed by atoms with E-state index in [9.17, 15) is 0 Å². The molecule has 0 aromatic heterocycles. The van der Waals surface area contributed by atoms with E-state index in [0.29, 0.717) is 0 Å². The summed E-state index contributed by atoms with van der Waals surface area (Å²) < 4.78 is 0. The van der Waals surface area contributed by atoms with Crippen LogP contribution in [0.4, 0.5) is 0 Å². The zero-order valence-electron chi connectivity index (χ0n) is 8.19. The minimum absolute atomic E-state index is 0. The van der Waals surface area contributed by atoms with Crippen molar-refractivity contribution in [3.05, 3.63) is 65.8 Å². The van der Waals surface area contributed by atoms with E-state index in [-0.39, 0.29) is 18.9 Å². The number of hydrogen-bond donors (Lipinski definition) is 0. The van der Waals surface area contributed by atoms with E-state index in [4.69, 9.17) is 0 Å². The predicted octanol–water partition coefficient (Wildman–Crippen LogP) is 3.33. The Morgan fingerprint density at radius 3 is 2.60 bits per heavy atom. The van der Waals surface area contributed by atoms with E-state index in [1.54, 1.807) is 0 Å². The van der Waals surface area contributed by atoms with Crippen molar-refractivity contribution in [2.75, 3.05) is 0 Å². The molecule has 0 unspecified atom stereocenters. The molecule has 1 aromatic rings. The van der Waals surface area contributed by atoms with Crippen LogP contribution >= 0.6 is 0 Å². The fourth-order valence-corrected chi connectivity index (χ4v) is 1.55. The third kappa shape index (κ3) is 3.96. The van der Waals surface area contributed by atoms with E-state index in [0.717, 1.165) is 12.8 Å². The summed E-state index contributed by atoms with van der Waals surface area (Å²) in [5.41, 5.74) is 2.77. The summed E-state index contributed by atoms with van der Waals surface area (Å²) in [5, 5.41) is 0. The first-order valence-electron chi connectivity index (χ1n) is 5.01.